The average Bonchev–Trinajstić information content (AvgIpc) is 2.69. The fourth-order valence-electron chi connectivity index (χ4n) is 2.31. The van der Waals surface area contributed by atoms with Crippen LogP contribution in [0.5, 0.6) is 0 Å². The lowest BCUT2D eigenvalue weighted by molar-refractivity contribution is -0.113. The van der Waals surface area contributed by atoms with Crippen molar-refractivity contribution in [2.75, 3.05) is 16.4 Å². The van der Waals surface area contributed by atoms with Crippen molar-refractivity contribution in [1.29, 1.82) is 0 Å². The van der Waals surface area contributed by atoms with Crippen molar-refractivity contribution < 1.29 is 14.0 Å². The Bertz CT molecular complexity index is 913. The highest BCUT2D eigenvalue weighted by Crippen LogP contribution is 2.21. The van der Waals surface area contributed by atoms with Crippen molar-refractivity contribution >= 4 is 35.0 Å². The first kappa shape index (κ1) is 18.7. The van der Waals surface area contributed by atoms with E-state index in [0.717, 1.165) is 10.6 Å². The molecule has 0 spiro atoms. The summed E-state index contributed by atoms with van der Waals surface area (Å²) in [6.45, 7) is 0. The quantitative estimate of drug-likeness (QED) is 0.604. The van der Waals surface area contributed by atoms with Crippen LogP contribution in [0.2, 0.25) is 0 Å². The second-order valence-electron chi connectivity index (χ2n) is 5.69. The van der Waals surface area contributed by atoms with Crippen molar-refractivity contribution in [2.45, 2.75) is 4.90 Å². The Morgan fingerprint density at radius 1 is 0.778 bits per heavy atom. The summed E-state index contributed by atoms with van der Waals surface area (Å²) in [5.41, 5.74) is 1.77. The van der Waals surface area contributed by atoms with Crippen molar-refractivity contribution in [3.63, 3.8) is 0 Å². The second kappa shape index (κ2) is 9.00. The fraction of sp³-hybridized carbons (Fsp3) is 0.0476. The fourth-order valence-corrected chi connectivity index (χ4v) is 3.00. The molecule has 2 amide bonds. The van der Waals surface area contributed by atoms with Gasteiger partial charge in [0.2, 0.25) is 5.91 Å². The van der Waals surface area contributed by atoms with E-state index in [1.54, 1.807) is 12.1 Å². The Labute approximate surface area is 160 Å². The van der Waals surface area contributed by atoms with Gasteiger partial charge in [-0.05, 0) is 60.7 Å². The van der Waals surface area contributed by atoms with Crippen LogP contribution < -0.4 is 10.6 Å². The van der Waals surface area contributed by atoms with Gasteiger partial charge in [0.1, 0.15) is 5.82 Å². The smallest absolute Gasteiger partial charge is 0.255 e. The van der Waals surface area contributed by atoms with Gasteiger partial charge in [0, 0.05) is 21.8 Å². The van der Waals surface area contributed by atoms with E-state index in [-0.39, 0.29) is 23.4 Å². The molecule has 27 heavy (non-hydrogen) atoms. The number of carbonyl (C=O) groups is 2. The molecule has 3 aromatic rings. The van der Waals surface area contributed by atoms with Gasteiger partial charge in [-0.2, -0.15) is 0 Å². The van der Waals surface area contributed by atoms with Crippen LogP contribution in [0.25, 0.3) is 0 Å². The molecule has 0 fully saturated rings. The zero-order valence-electron chi connectivity index (χ0n) is 14.3. The number of thioether (sulfide) groups is 1. The molecule has 0 aromatic heterocycles. The number of rotatable bonds is 6. The molecule has 0 saturated carbocycles. The number of hydrogen-bond acceptors (Lipinski definition) is 3. The van der Waals surface area contributed by atoms with E-state index >= 15 is 0 Å². The van der Waals surface area contributed by atoms with E-state index in [2.05, 4.69) is 10.6 Å². The number of benzene rings is 3. The van der Waals surface area contributed by atoms with E-state index in [9.17, 15) is 14.0 Å². The van der Waals surface area contributed by atoms with Gasteiger partial charge in [-0.1, -0.05) is 18.2 Å². The molecular formula is C21H17FN2O2S. The zero-order chi connectivity index (χ0) is 19.1. The Morgan fingerprint density at radius 2 is 1.41 bits per heavy atom. The third kappa shape index (κ3) is 5.69. The van der Waals surface area contributed by atoms with Crippen LogP contribution in [0.1, 0.15) is 10.4 Å². The zero-order valence-corrected chi connectivity index (χ0v) is 15.1. The third-order valence-electron chi connectivity index (χ3n) is 3.65. The summed E-state index contributed by atoms with van der Waals surface area (Å²) in [7, 11) is 0. The van der Waals surface area contributed by atoms with Crippen LogP contribution in [-0.2, 0) is 4.79 Å². The molecule has 136 valence electrons. The van der Waals surface area contributed by atoms with Crippen molar-refractivity contribution in [3.8, 4) is 0 Å². The number of nitrogens with one attached hydrogen (secondary N) is 2. The molecule has 0 aliphatic carbocycles. The summed E-state index contributed by atoms with van der Waals surface area (Å²) in [5, 5.41) is 5.58. The van der Waals surface area contributed by atoms with Crippen LogP contribution in [0.3, 0.4) is 0 Å². The molecule has 3 rings (SSSR count). The minimum atomic E-state index is -0.385. The van der Waals surface area contributed by atoms with E-state index in [0.29, 0.717) is 11.3 Å². The van der Waals surface area contributed by atoms with Crippen molar-refractivity contribution in [3.05, 3.63) is 90.2 Å². The minimum Gasteiger partial charge on any atom is -0.325 e. The Morgan fingerprint density at radius 3 is 2.07 bits per heavy atom. The van der Waals surface area contributed by atoms with Crippen LogP contribution in [0.4, 0.5) is 15.8 Å². The summed E-state index contributed by atoms with van der Waals surface area (Å²) in [4.78, 5) is 25.0. The monoisotopic (exact) mass is 380 g/mol. The maximum Gasteiger partial charge on any atom is 0.255 e. The molecule has 0 saturated heterocycles. The van der Waals surface area contributed by atoms with Crippen LogP contribution in [0.15, 0.2) is 83.8 Å². The van der Waals surface area contributed by atoms with Gasteiger partial charge in [0.25, 0.3) is 5.91 Å². The van der Waals surface area contributed by atoms with Crippen LogP contribution in [0, 0.1) is 5.82 Å². The lowest BCUT2D eigenvalue weighted by atomic mass is 10.2. The molecule has 0 atom stereocenters. The number of anilines is 2. The molecule has 0 unspecified atom stereocenters. The minimum absolute atomic E-state index is 0.0834. The lowest BCUT2D eigenvalue weighted by Crippen LogP contribution is -2.13. The van der Waals surface area contributed by atoms with Crippen molar-refractivity contribution in [1.82, 2.24) is 0 Å². The Kier molecular flexibility index (Phi) is 6.22. The number of para-hydroxylation sites is 1. The summed E-state index contributed by atoms with van der Waals surface area (Å²) in [5.74, 6) is -0.488. The maximum absolute atomic E-state index is 12.9. The van der Waals surface area contributed by atoms with E-state index < -0.39 is 0 Å². The molecule has 0 bridgehead atoms. The molecule has 3 aromatic carbocycles. The number of amides is 2. The first-order valence-electron chi connectivity index (χ1n) is 8.25. The molecular weight excluding hydrogens is 363 g/mol. The molecule has 0 aliphatic heterocycles. The van der Waals surface area contributed by atoms with Gasteiger partial charge in [0.15, 0.2) is 0 Å². The lowest BCUT2D eigenvalue weighted by Gasteiger charge is -2.07. The SMILES string of the molecule is O=C(CSc1ccc(NC(=O)c2ccc(F)cc2)cc1)Nc1ccccc1. The normalized spacial score (nSPS) is 10.3. The first-order chi connectivity index (χ1) is 13.1. The first-order valence-corrected chi connectivity index (χ1v) is 9.23. The maximum atomic E-state index is 12.9. The average molecular weight is 380 g/mol. The Balaban J connectivity index is 1.50. The molecule has 0 radical (unpaired) electrons. The van der Waals surface area contributed by atoms with Crippen LogP contribution in [-0.4, -0.2) is 17.6 Å². The van der Waals surface area contributed by atoms with Gasteiger partial charge in [-0.25, -0.2) is 4.39 Å². The Hall–Kier alpha value is -3.12. The summed E-state index contributed by atoms with van der Waals surface area (Å²) < 4.78 is 12.9. The highest BCUT2D eigenvalue weighted by molar-refractivity contribution is 8.00. The van der Waals surface area contributed by atoms with Gasteiger partial charge in [-0.15, -0.1) is 11.8 Å². The number of halogens is 1. The van der Waals surface area contributed by atoms with Gasteiger partial charge < -0.3 is 10.6 Å². The van der Waals surface area contributed by atoms with Crippen LogP contribution >= 0.6 is 11.8 Å². The van der Waals surface area contributed by atoms with E-state index in [1.807, 2.05) is 42.5 Å². The summed E-state index contributed by atoms with van der Waals surface area (Å²) in [6, 6.07) is 21.8. The molecule has 0 aliphatic rings. The highest BCUT2D eigenvalue weighted by Gasteiger charge is 2.07. The molecule has 0 heterocycles. The predicted octanol–water partition coefficient (Wildman–Crippen LogP) is 4.81. The molecule has 6 heteroatoms. The van der Waals surface area contributed by atoms with E-state index in [1.165, 1.54) is 36.0 Å². The van der Waals surface area contributed by atoms with E-state index in [4.69, 9.17) is 0 Å². The van der Waals surface area contributed by atoms with Crippen molar-refractivity contribution in [2.24, 2.45) is 0 Å². The molecule has 4 nitrogen and oxygen atoms in total. The standard InChI is InChI=1S/C21H17FN2O2S/c22-16-8-6-15(7-9-16)21(26)24-18-10-12-19(13-11-18)27-14-20(25)23-17-4-2-1-3-5-17/h1-13H,14H2,(H,23,25)(H,24,26). The molecule has 2 N–H and O–H groups in total. The van der Waals surface area contributed by atoms with Gasteiger partial charge in [0.05, 0.1) is 5.75 Å². The topological polar surface area (TPSA) is 58.2 Å². The largest absolute Gasteiger partial charge is 0.325 e. The second-order valence-corrected chi connectivity index (χ2v) is 6.74. The number of hydrogen-bond donors (Lipinski definition) is 2. The summed E-state index contributed by atoms with van der Waals surface area (Å²) >= 11 is 1.41. The van der Waals surface area contributed by atoms with Gasteiger partial charge >= 0.3 is 0 Å². The van der Waals surface area contributed by atoms with Gasteiger partial charge in [-0.3, -0.25) is 9.59 Å². The third-order valence-corrected chi connectivity index (χ3v) is 4.66. The highest BCUT2D eigenvalue weighted by atomic mass is 32.2. The number of carbonyl (C=O) groups excluding carboxylic acids is 2. The summed E-state index contributed by atoms with van der Waals surface area (Å²) in [6.07, 6.45) is 0. The predicted molar refractivity (Wildman–Crippen MR) is 107 cm³/mol.